The Balaban J connectivity index is 2.87. The summed E-state index contributed by atoms with van der Waals surface area (Å²) in [5, 5.41) is 0. The molecule has 2 nitrogen and oxygen atoms in total. The molecule has 1 aromatic carbocycles. The van der Waals surface area contributed by atoms with E-state index in [-0.39, 0.29) is 16.6 Å². The van der Waals surface area contributed by atoms with Gasteiger partial charge in [0, 0.05) is 11.6 Å². The number of hydrogen-bond acceptors (Lipinski definition) is 1. The van der Waals surface area contributed by atoms with E-state index in [1.165, 1.54) is 6.07 Å². The van der Waals surface area contributed by atoms with E-state index < -0.39 is 11.0 Å². The van der Waals surface area contributed by atoms with Gasteiger partial charge in [0.05, 0.1) is 15.7 Å². The highest BCUT2D eigenvalue weighted by molar-refractivity contribution is 7.84. The standard InChI is InChI=1S/C13H20FNOS/c1-9-6-7-12(14)11(8-9)10(2)15-17(16)13(3,4)5/h6-8,10,15H,1-5H3/t10-,17-/m0/s1. The summed E-state index contributed by atoms with van der Waals surface area (Å²) >= 11 is 0. The zero-order valence-corrected chi connectivity index (χ0v) is 11.8. The minimum Gasteiger partial charge on any atom is -0.242 e. The Hall–Kier alpha value is -0.740. The molecule has 0 aliphatic carbocycles. The van der Waals surface area contributed by atoms with Crippen molar-refractivity contribution >= 4 is 11.0 Å². The molecule has 1 rings (SSSR count). The maximum absolute atomic E-state index is 13.6. The molecule has 0 unspecified atom stereocenters. The third-order valence-corrected chi connectivity index (χ3v) is 4.14. The second-order valence-corrected chi connectivity index (χ2v) is 7.24. The molecular weight excluding hydrogens is 237 g/mol. The maximum atomic E-state index is 13.6. The zero-order valence-electron chi connectivity index (χ0n) is 11.0. The second-order valence-electron chi connectivity index (χ2n) is 5.25. The van der Waals surface area contributed by atoms with Crippen molar-refractivity contribution in [3.05, 3.63) is 35.1 Å². The molecule has 0 heterocycles. The van der Waals surface area contributed by atoms with Gasteiger partial charge in [-0.1, -0.05) is 17.7 Å². The number of rotatable bonds is 3. The van der Waals surface area contributed by atoms with E-state index in [2.05, 4.69) is 4.72 Å². The van der Waals surface area contributed by atoms with Gasteiger partial charge in [0.2, 0.25) is 0 Å². The van der Waals surface area contributed by atoms with E-state index in [0.717, 1.165) is 5.56 Å². The molecule has 0 spiro atoms. The van der Waals surface area contributed by atoms with Crippen LogP contribution in [0.5, 0.6) is 0 Å². The number of nitrogens with one attached hydrogen (secondary N) is 1. The molecule has 0 saturated carbocycles. The average molecular weight is 257 g/mol. The molecule has 0 amide bonds. The molecule has 17 heavy (non-hydrogen) atoms. The van der Waals surface area contributed by atoms with Crippen LogP contribution in [0.2, 0.25) is 0 Å². The first-order valence-electron chi connectivity index (χ1n) is 5.66. The van der Waals surface area contributed by atoms with Gasteiger partial charge in [0.1, 0.15) is 5.82 Å². The lowest BCUT2D eigenvalue weighted by Crippen LogP contribution is -2.35. The zero-order chi connectivity index (χ0) is 13.2. The molecule has 0 bridgehead atoms. The first-order valence-corrected chi connectivity index (χ1v) is 6.81. The molecule has 0 aliphatic heterocycles. The number of hydrogen-bond donors (Lipinski definition) is 1. The van der Waals surface area contributed by atoms with Crippen LogP contribution in [0.1, 0.15) is 44.9 Å². The van der Waals surface area contributed by atoms with Gasteiger partial charge in [0.15, 0.2) is 0 Å². The van der Waals surface area contributed by atoms with E-state index in [4.69, 9.17) is 0 Å². The quantitative estimate of drug-likeness (QED) is 0.885. The van der Waals surface area contributed by atoms with Crippen molar-refractivity contribution in [3.8, 4) is 0 Å². The van der Waals surface area contributed by atoms with Crippen LogP contribution in [0.25, 0.3) is 0 Å². The third kappa shape index (κ3) is 3.89. The van der Waals surface area contributed by atoms with Crippen LogP contribution in [0, 0.1) is 12.7 Å². The molecule has 1 N–H and O–H groups in total. The monoisotopic (exact) mass is 257 g/mol. The average Bonchev–Trinajstić information content (AvgIpc) is 2.20. The normalized spacial score (nSPS) is 15.6. The lowest BCUT2D eigenvalue weighted by atomic mass is 10.1. The fourth-order valence-electron chi connectivity index (χ4n) is 1.40. The van der Waals surface area contributed by atoms with Crippen LogP contribution in [0.3, 0.4) is 0 Å². The predicted molar refractivity (Wildman–Crippen MR) is 70.6 cm³/mol. The van der Waals surface area contributed by atoms with Crippen LogP contribution in [-0.2, 0) is 11.0 Å². The smallest absolute Gasteiger partial charge is 0.128 e. The molecule has 0 fully saturated rings. The Labute approximate surface area is 105 Å². The molecule has 0 aromatic heterocycles. The number of benzene rings is 1. The maximum Gasteiger partial charge on any atom is 0.128 e. The molecule has 0 radical (unpaired) electrons. The SMILES string of the molecule is Cc1ccc(F)c([C@H](C)N[S@@](=O)C(C)(C)C)c1. The Morgan fingerprint density at radius 1 is 1.35 bits per heavy atom. The summed E-state index contributed by atoms with van der Waals surface area (Å²) in [5.41, 5.74) is 1.55. The van der Waals surface area contributed by atoms with Gasteiger partial charge in [-0.25, -0.2) is 13.3 Å². The van der Waals surface area contributed by atoms with E-state index in [0.29, 0.717) is 5.56 Å². The molecule has 96 valence electrons. The highest BCUT2D eigenvalue weighted by atomic mass is 32.2. The molecule has 4 heteroatoms. The van der Waals surface area contributed by atoms with Crippen LogP contribution in [0.15, 0.2) is 18.2 Å². The fourth-order valence-corrected chi connectivity index (χ4v) is 2.20. The van der Waals surface area contributed by atoms with Crippen LogP contribution in [-0.4, -0.2) is 8.96 Å². The Morgan fingerprint density at radius 3 is 2.47 bits per heavy atom. The van der Waals surface area contributed by atoms with Crippen molar-refractivity contribution in [3.63, 3.8) is 0 Å². The van der Waals surface area contributed by atoms with Crippen LogP contribution >= 0.6 is 0 Å². The number of aryl methyl sites for hydroxylation is 1. The largest absolute Gasteiger partial charge is 0.242 e. The minimum atomic E-state index is -1.20. The van der Waals surface area contributed by atoms with Crippen molar-refractivity contribution in [1.82, 2.24) is 4.72 Å². The molecule has 0 aliphatic rings. The molecular formula is C13H20FNOS. The summed E-state index contributed by atoms with van der Waals surface area (Å²) in [6, 6.07) is 4.69. The van der Waals surface area contributed by atoms with Crippen molar-refractivity contribution in [2.24, 2.45) is 0 Å². The van der Waals surface area contributed by atoms with E-state index >= 15 is 0 Å². The topological polar surface area (TPSA) is 29.1 Å². The van der Waals surface area contributed by atoms with Gasteiger partial charge in [-0.2, -0.15) is 0 Å². The van der Waals surface area contributed by atoms with E-state index in [1.807, 2.05) is 34.6 Å². The van der Waals surface area contributed by atoms with Gasteiger partial charge in [-0.05, 0) is 40.7 Å². The first kappa shape index (κ1) is 14.3. The Morgan fingerprint density at radius 2 is 1.94 bits per heavy atom. The summed E-state index contributed by atoms with van der Waals surface area (Å²) in [5.74, 6) is -0.262. The third-order valence-electron chi connectivity index (χ3n) is 2.46. The van der Waals surface area contributed by atoms with Crippen molar-refractivity contribution in [2.45, 2.75) is 45.4 Å². The molecule has 1 aromatic rings. The van der Waals surface area contributed by atoms with Crippen molar-refractivity contribution < 1.29 is 8.60 Å². The van der Waals surface area contributed by atoms with Gasteiger partial charge >= 0.3 is 0 Å². The van der Waals surface area contributed by atoms with Crippen molar-refractivity contribution in [1.29, 1.82) is 0 Å². The summed E-state index contributed by atoms with van der Waals surface area (Å²) in [6.45, 7) is 9.39. The van der Waals surface area contributed by atoms with E-state index in [1.54, 1.807) is 12.1 Å². The fraction of sp³-hybridized carbons (Fsp3) is 0.538. The van der Waals surface area contributed by atoms with Gasteiger partial charge in [-0.3, -0.25) is 0 Å². The van der Waals surface area contributed by atoms with Crippen LogP contribution in [0.4, 0.5) is 4.39 Å². The lowest BCUT2D eigenvalue weighted by Gasteiger charge is -2.22. The summed E-state index contributed by atoms with van der Waals surface area (Å²) in [7, 11) is -1.20. The summed E-state index contributed by atoms with van der Waals surface area (Å²) < 4.78 is 28.1. The predicted octanol–water partition coefficient (Wildman–Crippen LogP) is 3.25. The minimum absolute atomic E-state index is 0.262. The second kappa shape index (κ2) is 5.27. The molecule has 0 saturated heterocycles. The van der Waals surface area contributed by atoms with Crippen LogP contribution < -0.4 is 4.72 Å². The Bertz CT molecular complexity index is 426. The number of halogens is 1. The van der Waals surface area contributed by atoms with Gasteiger partial charge in [-0.15, -0.1) is 0 Å². The highest BCUT2D eigenvalue weighted by Gasteiger charge is 2.22. The Kier molecular flexibility index (Phi) is 4.44. The summed E-state index contributed by atoms with van der Waals surface area (Å²) in [4.78, 5) is 0. The highest BCUT2D eigenvalue weighted by Crippen LogP contribution is 2.20. The lowest BCUT2D eigenvalue weighted by molar-refractivity contribution is 0.571. The summed E-state index contributed by atoms with van der Waals surface area (Å²) in [6.07, 6.45) is 0. The van der Waals surface area contributed by atoms with Crippen molar-refractivity contribution in [2.75, 3.05) is 0 Å². The first-order chi connectivity index (χ1) is 7.71. The van der Waals surface area contributed by atoms with Gasteiger partial charge in [0.25, 0.3) is 0 Å². The van der Waals surface area contributed by atoms with E-state index in [9.17, 15) is 8.60 Å². The molecule has 2 atom stereocenters. The van der Waals surface area contributed by atoms with Gasteiger partial charge < -0.3 is 0 Å².